The van der Waals surface area contributed by atoms with Crippen molar-refractivity contribution in [3.8, 4) is 0 Å². The van der Waals surface area contributed by atoms with Crippen LogP contribution in [-0.4, -0.2) is 74.9 Å². The summed E-state index contributed by atoms with van der Waals surface area (Å²) in [5, 5.41) is 0. The molecule has 1 aromatic rings. The first kappa shape index (κ1) is 15.5. The van der Waals surface area contributed by atoms with Crippen LogP contribution in [0.25, 0.3) is 0 Å². The Morgan fingerprint density at radius 3 is 2.55 bits per heavy atom. The molecule has 0 atom stereocenters. The van der Waals surface area contributed by atoms with Crippen LogP contribution in [0.3, 0.4) is 0 Å². The lowest BCUT2D eigenvalue weighted by Gasteiger charge is -2.37. The highest BCUT2D eigenvalue weighted by atomic mass is 16.5. The van der Waals surface area contributed by atoms with E-state index in [1.54, 1.807) is 6.33 Å². The Kier molecular flexibility index (Phi) is 5.10. The van der Waals surface area contributed by atoms with Gasteiger partial charge in [-0.15, -0.1) is 0 Å². The van der Waals surface area contributed by atoms with Crippen molar-refractivity contribution in [2.75, 3.05) is 69.8 Å². The predicted molar refractivity (Wildman–Crippen MR) is 88.6 cm³/mol. The number of ether oxygens (including phenoxy) is 1. The molecule has 22 heavy (non-hydrogen) atoms. The highest BCUT2D eigenvalue weighted by molar-refractivity contribution is 5.49. The summed E-state index contributed by atoms with van der Waals surface area (Å²) in [5.41, 5.74) is 0. The van der Waals surface area contributed by atoms with Gasteiger partial charge in [0, 0.05) is 66.1 Å². The molecule has 0 saturated carbocycles. The number of hydrogen-bond donors (Lipinski definition) is 0. The minimum atomic E-state index is 0.819. The second-order valence-electron chi connectivity index (χ2n) is 6.47. The van der Waals surface area contributed by atoms with Crippen LogP contribution < -0.4 is 9.80 Å². The van der Waals surface area contributed by atoms with Crippen molar-refractivity contribution in [1.29, 1.82) is 0 Å². The van der Waals surface area contributed by atoms with E-state index >= 15 is 0 Å². The summed E-state index contributed by atoms with van der Waals surface area (Å²) in [5.74, 6) is 2.83. The first-order chi connectivity index (χ1) is 10.7. The van der Waals surface area contributed by atoms with E-state index in [9.17, 15) is 0 Å². The minimum absolute atomic E-state index is 0.819. The van der Waals surface area contributed by atoms with Crippen molar-refractivity contribution in [2.24, 2.45) is 5.92 Å². The van der Waals surface area contributed by atoms with Crippen LogP contribution in [0.5, 0.6) is 0 Å². The molecule has 0 unspecified atom stereocenters. The van der Waals surface area contributed by atoms with Gasteiger partial charge in [-0.05, 0) is 18.8 Å². The topological polar surface area (TPSA) is 44.7 Å². The number of rotatable bonds is 4. The van der Waals surface area contributed by atoms with Gasteiger partial charge in [0.05, 0.1) is 0 Å². The van der Waals surface area contributed by atoms with Gasteiger partial charge in [-0.3, -0.25) is 4.90 Å². The Morgan fingerprint density at radius 2 is 1.86 bits per heavy atom. The molecule has 2 saturated heterocycles. The zero-order valence-corrected chi connectivity index (χ0v) is 13.7. The fourth-order valence-corrected chi connectivity index (χ4v) is 3.21. The third-order valence-corrected chi connectivity index (χ3v) is 4.65. The van der Waals surface area contributed by atoms with Gasteiger partial charge in [-0.1, -0.05) is 0 Å². The van der Waals surface area contributed by atoms with Crippen molar-refractivity contribution in [3.63, 3.8) is 0 Å². The lowest BCUT2D eigenvalue weighted by atomic mass is 9.99. The Labute approximate surface area is 133 Å². The molecule has 2 fully saturated rings. The normalized spacial score (nSPS) is 21.1. The molecule has 0 N–H and O–H groups in total. The summed E-state index contributed by atoms with van der Waals surface area (Å²) in [6, 6.07) is 2.08. The summed E-state index contributed by atoms with van der Waals surface area (Å²) in [6.45, 7) is 7.46. The van der Waals surface area contributed by atoms with E-state index in [1.807, 2.05) is 19.0 Å². The van der Waals surface area contributed by atoms with Crippen LogP contribution in [0.4, 0.5) is 11.6 Å². The number of hydrogen-bond acceptors (Lipinski definition) is 6. The molecule has 3 heterocycles. The van der Waals surface area contributed by atoms with E-state index < -0.39 is 0 Å². The molecule has 3 rings (SSSR count). The number of aromatic nitrogens is 2. The van der Waals surface area contributed by atoms with Crippen LogP contribution in [0.2, 0.25) is 0 Å². The molecule has 6 nitrogen and oxygen atoms in total. The monoisotopic (exact) mass is 305 g/mol. The van der Waals surface area contributed by atoms with Gasteiger partial charge in [-0.25, -0.2) is 9.97 Å². The minimum Gasteiger partial charge on any atom is -0.381 e. The lowest BCUT2D eigenvalue weighted by Crippen LogP contribution is -2.48. The van der Waals surface area contributed by atoms with Crippen LogP contribution in [0.15, 0.2) is 12.4 Å². The molecule has 1 aromatic heterocycles. The molecular formula is C16H27N5O. The molecule has 6 heteroatoms. The summed E-state index contributed by atoms with van der Waals surface area (Å²) in [7, 11) is 4.02. The summed E-state index contributed by atoms with van der Waals surface area (Å²) in [4.78, 5) is 15.7. The van der Waals surface area contributed by atoms with Crippen molar-refractivity contribution < 1.29 is 4.74 Å². The number of nitrogens with zero attached hydrogens (tertiary/aromatic N) is 5. The second kappa shape index (κ2) is 7.24. The largest absolute Gasteiger partial charge is 0.381 e. The van der Waals surface area contributed by atoms with Crippen molar-refractivity contribution in [2.45, 2.75) is 12.8 Å². The number of anilines is 2. The molecule has 0 spiro atoms. The van der Waals surface area contributed by atoms with Gasteiger partial charge in [-0.2, -0.15) is 0 Å². The van der Waals surface area contributed by atoms with E-state index in [1.165, 1.54) is 19.4 Å². The first-order valence-electron chi connectivity index (χ1n) is 8.27. The maximum Gasteiger partial charge on any atom is 0.134 e. The third-order valence-electron chi connectivity index (χ3n) is 4.65. The first-order valence-corrected chi connectivity index (χ1v) is 8.27. The molecule has 122 valence electrons. The van der Waals surface area contributed by atoms with Crippen molar-refractivity contribution >= 4 is 11.6 Å². The van der Waals surface area contributed by atoms with Gasteiger partial charge >= 0.3 is 0 Å². The van der Waals surface area contributed by atoms with E-state index in [-0.39, 0.29) is 0 Å². The summed E-state index contributed by atoms with van der Waals surface area (Å²) >= 11 is 0. The van der Waals surface area contributed by atoms with E-state index in [4.69, 9.17) is 4.74 Å². The van der Waals surface area contributed by atoms with Crippen molar-refractivity contribution in [1.82, 2.24) is 14.9 Å². The fourth-order valence-electron chi connectivity index (χ4n) is 3.21. The molecule has 2 aliphatic rings. The Balaban J connectivity index is 1.51. The van der Waals surface area contributed by atoms with Crippen LogP contribution in [0, 0.1) is 5.92 Å². The second-order valence-corrected chi connectivity index (χ2v) is 6.47. The standard InChI is InChI=1S/C16H27N5O/c1-19(2)15-11-16(18-13-17-15)21-7-5-20(6-8-21)12-14-3-9-22-10-4-14/h11,13-14H,3-10,12H2,1-2H3. The molecule has 0 aromatic carbocycles. The average Bonchev–Trinajstić information content (AvgIpc) is 2.56. The SMILES string of the molecule is CN(C)c1cc(N2CCN(CC3CCOCC3)CC2)ncn1. The quantitative estimate of drug-likeness (QED) is 0.830. The van der Waals surface area contributed by atoms with Gasteiger partial charge < -0.3 is 14.5 Å². The highest BCUT2D eigenvalue weighted by Crippen LogP contribution is 2.20. The molecule has 0 bridgehead atoms. The smallest absolute Gasteiger partial charge is 0.134 e. The average molecular weight is 305 g/mol. The summed E-state index contributed by atoms with van der Waals surface area (Å²) in [6.07, 6.45) is 4.11. The summed E-state index contributed by atoms with van der Waals surface area (Å²) < 4.78 is 5.45. The third kappa shape index (κ3) is 3.87. The predicted octanol–water partition coefficient (Wildman–Crippen LogP) is 1.09. The van der Waals surface area contributed by atoms with E-state index in [0.29, 0.717) is 0 Å². The Morgan fingerprint density at radius 1 is 1.14 bits per heavy atom. The van der Waals surface area contributed by atoms with Gasteiger partial charge in [0.2, 0.25) is 0 Å². The molecule has 0 radical (unpaired) electrons. The van der Waals surface area contributed by atoms with Gasteiger partial charge in [0.1, 0.15) is 18.0 Å². The number of piperazine rings is 1. The zero-order valence-electron chi connectivity index (χ0n) is 13.7. The van der Waals surface area contributed by atoms with E-state index in [2.05, 4.69) is 25.8 Å². The van der Waals surface area contributed by atoms with Crippen LogP contribution in [0.1, 0.15) is 12.8 Å². The highest BCUT2D eigenvalue weighted by Gasteiger charge is 2.22. The van der Waals surface area contributed by atoms with E-state index in [0.717, 1.165) is 56.9 Å². The maximum absolute atomic E-state index is 5.45. The molecule has 0 amide bonds. The zero-order chi connectivity index (χ0) is 15.4. The van der Waals surface area contributed by atoms with Crippen LogP contribution >= 0.6 is 0 Å². The lowest BCUT2D eigenvalue weighted by molar-refractivity contribution is 0.0517. The van der Waals surface area contributed by atoms with Crippen LogP contribution in [-0.2, 0) is 4.74 Å². The molecular weight excluding hydrogens is 278 g/mol. The molecule has 0 aliphatic carbocycles. The van der Waals surface area contributed by atoms with Crippen molar-refractivity contribution in [3.05, 3.63) is 12.4 Å². The van der Waals surface area contributed by atoms with Gasteiger partial charge in [0.15, 0.2) is 0 Å². The van der Waals surface area contributed by atoms with Gasteiger partial charge in [0.25, 0.3) is 0 Å². The maximum atomic E-state index is 5.45. The Hall–Kier alpha value is -1.40. The Bertz CT molecular complexity index is 467. The fraction of sp³-hybridized carbons (Fsp3) is 0.750. The molecule has 2 aliphatic heterocycles.